The third-order valence-corrected chi connectivity index (χ3v) is 3.51. The number of carbonyl (C=O) groups excluding carboxylic acids is 1. The topological polar surface area (TPSA) is 17.1 Å². The zero-order valence-electron chi connectivity index (χ0n) is 9.29. The van der Waals surface area contributed by atoms with Gasteiger partial charge in [0.15, 0.2) is 5.78 Å². The normalized spacial score (nSPS) is 10.4. The van der Waals surface area contributed by atoms with Crippen LogP contribution in [0.2, 0.25) is 5.02 Å². The first kappa shape index (κ1) is 13.2. The van der Waals surface area contributed by atoms with Gasteiger partial charge in [0.2, 0.25) is 0 Å². The van der Waals surface area contributed by atoms with Crippen LogP contribution in [0.15, 0.2) is 46.9 Å². The highest BCUT2D eigenvalue weighted by Gasteiger charge is 2.10. The summed E-state index contributed by atoms with van der Waals surface area (Å²) in [5.41, 5.74) is 1.15. The fourth-order valence-corrected chi connectivity index (χ4v) is 2.19. The second-order valence-corrected chi connectivity index (χ2v) is 5.14. The molecule has 0 saturated carbocycles. The van der Waals surface area contributed by atoms with Crippen LogP contribution in [0.5, 0.6) is 0 Å². The highest BCUT2D eigenvalue weighted by atomic mass is 79.9. The molecule has 0 atom stereocenters. The van der Waals surface area contributed by atoms with Crippen molar-refractivity contribution in [3.05, 3.63) is 68.9 Å². The molecule has 92 valence electrons. The molecular formula is C14H9BrClFO. The summed E-state index contributed by atoms with van der Waals surface area (Å²) in [7, 11) is 0. The summed E-state index contributed by atoms with van der Waals surface area (Å²) in [6.45, 7) is 0. The minimum Gasteiger partial charge on any atom is -0.294 e. The molecule has 0 fully saturated rings. The van der Waals surface area contributed by atoms with E-state index in [-0.39, 0.29) is 18.0 Å². The van der Waals surface area contributed by atoms with Crippen LogP contribution in [0, 0.1) is 5.82 Å². The molecule has 1 nitrogen and oxygen atoms in total. The van der Waals surface area contributed by atoms with E-state index >= 15 is 0 Å². The molecule has 0 unspecified atom stereocenters. The van der Waals surface area contributed by atoms with Crippen LogP contribution in [0.4, 0.5) is 4.39 Å². The number of halogens is 3. The van der Waals surface area contributed by atoms with Crippen molar-refractivity contribution in [1.82, 2.24) is 0 Å². The van der Waals surface area contributed by atoms with Gasteiger partial charge in [-0.05, 0) is 35.9 Å². The summed E-state index contributed by atoms with van der Waals surface area (Å²) in [5.74, 6) is -0.448. The predicted octanol–water partition coefficient (Wildman–Crippen LogP) is 4.67. The average Bonchev–Trinajstić information content (AvgIpc) is 2.34. The summed E-state index contributed by atoms with van der Waals surface area (Å²) in [5, 5.41) is 0.513. The SMILES string of the molecule is O=C(Cc1cc(F)ccc1Br)c1cccc(Cl)c1. The van der Waals surface area contributed by atoms with Crippen molar-refractivity contribution in [1.29, 1.82) is 0 Å². The minimum absolute atomic E-state index is 0.0937. The van der Waals surface area contributed by atoms with Gasteiger partial charge in [-0.3, -0.25) is 4.79 Å². The summed E-state index contributed by atoms with van der Waals surface area (Å²) in [4.78, 5) is 12.0. The van der Waals surface area contributed by atoms with Crippen LogP contribution in [-0.4, -0.2) is 5.78 Å². The smallest absolute Gasteiger partial charge is 0.167 e. The summed E-state index contributed by atoms with van der Waals surface area (Å²) in [6, 6.07) is 11.0. The van der Waals surface area contributed by atoms with Crippen LogP contribution in [0.25, 0.3) is 0 Å². The number of benzene rings is 2. The molecule has 0 amide bonds. The van der Waals surface area contributed by atoms with E-state index in [1.54, 1.807) is 30.3 Å². The van der Waals surface area contributed by atoms with Crippen LogP contribution in [-0.2, 0) is 6.42 Å². The standard InChI is InChI=1S/C14H9BrClFO/c15-13-5-4-12(17)7-10(13)8-14(18)9-2-1-3-11(16)6-9/h1-7H,8H2. The van der Waals surface area contributed by atoms with E-state index in [1.807, 2.05) is 0 Å². The van der Waals surface area contributed by atoms with Crippen LogP contribution in [0.3, 0.4) is 0 Å². The molecule has 0 heterocycles. The maximum absolute atomic E-state index is 13.1. The third kappa shape index (κ3) is 3.18. The van der Waals surface area contributed by atoms with Crippen molar-refractivity contribution in [3.63, 3.8) is 0 Å². The molecule has 0 bridgehead atoms. The molecular weight excluding hydrogens is 319 g/mol. The first-order valence-electron chi connectivity index (χ1n) is 5.29. The number of carbonyl (C=O) groups is 1. The largest absolute Gasteiger partial charge is 0.294 e. The van der Waals surface area contributed by atoms with E-state index in [9.17, 15) is 9.18 Å². The molecule has 0 aliphatic heterocycles. The van der Waals surface area contributed by atoms with Gasteiger partial charge in [-0.15, -0.1) is 0 Å². The number of Topliss-reactive ketones (excluding diaryl/α,β-unsaturated/α-hetero) is 1. The van der Waals surface area contributed by atoms with E-state index in [1.165, 1.54) is 12.1 Å². The Kier molecular flexibility index (Phi) is 4.15. The van der Waals surface area contributed by atoms with Crippen LogP contribution in [0.1, 0.15) is 15.9 Å². The summed E-state index contributed by atoms with van der Waals surface area (Å²) >= 11 is 9.13. The Morgan fingerprint density at radius 1 is 1.22 bits per heavy atom. The van der Waals surface area contributed by atoms with Crippen molar-refractivity contribution < 1.29 is 9.18 Å². The molecule has 0 aliphatic rings. The van der Waals surface area contributed by atoms with Crippen molar-refractivity contribution in [2.75, 3.05) is 0 Å². The maximum Gasteiger partial charge on any atom is 0.167 e. The van der Waals surface area contributed by atoms with Gasteiger partial charge in [0, 0.05) is 21.5 Å². The monoisotopic (exact) mass is 326 g/mol. The number of ketones is 1. The molecule has 2 aromatic rings. The Labute approximate surface area is 118 Å². The lowest BCUT2D eigenvalue weighted by molar-refractivity contribution is 0.0993. The van der Waals surface area contributed by atoms with Crippen molar-refractivity contribution in [2.45, 2.75) is 6.42 Å². The minimum atomic E-state index is -0.355. The zero-order valence-corrected chi connectivity index (χ0v) is 11.6. The first-order valence-corrected chi connectivity index (χ1v) is 6.46. The van der Waals surface area contributed by atoms with Gasteiger partial charge < -0.3 is 0 Å². The van der Waals surface area contributed by atoms with Crippen molar-refractivity contribution in [3.8, 4) is 0 Å². The lowest BCUT2D eigenvalue weighted by atomic mass is 10.0. The van der Waals surface area contributed by atoms with E-state index in [0.717, 1.165) is 4.47 Å². The van der Waals surface area contributed by atoms with E-state index in [2.05, 4.69) is 15.9 Å². The van der Waals surface area contributed by atoms with Crippen molar-refractivity contribution in [2.24, 2.45) is 0 Å². The second-order valence-electron chi connectivity index (χ2n) is 3.85. The second kappa shape index (κ2) is 5.63. The highest BCUT2D eigenvalue weighted by molar-refractivity contribution is 9.10. The lowest BCUT2D eigenvalue weighted by Gasteiger charge is -2.05. The van der Waals surface area contributed by atoms with Gasteiger partial charge in [0.05, 0.1) is 0 Å². The van der Waals surface area contributed by atoms with Gasteiger partial charge >= 0.3 is 0 Å². The Bertz CT molecular complexity index is 598. The number of rotatable bonds is 3. The molecule has 0 N–H and O–H groups in total. The van der Waals surface area contributed by atoms with Crippen LogP contribution >= 0.6 is 27.5 Å². The van der Waals surface area contributed by atoms with Gasteiger partial charge in [-0.1, -0.05) is 39.7 Å². The fraction of sp³-hybridized carbons (Fsp3) is 0.0714. The van der Waals surface area contributed by atoms with Gasteiger partial charge in [-0.2, -0.15) is 0 Å². The predicted molar refractivity (Wildman–Crippen MR) is 73.6 cm³/mol. The molecule has 2 aromatic carbocycles. The Morgan fingerprint density at radius 2 is 2.00 bits per heavy atom. The molecule has 2 rings (SSSR count). The van der Waals surface area contributed by atoms with Crippen molar-refractivity contribution >= 4 is 33.3 Å². The first-order chi connectivity index (χ1) is 8.56. The zero-order chi connectivity index (χ0) is 13.1. The maximum atomic E-state index is 13.1. The van der Waals surface area contributed by atoms with Crippen LogP contribution < -0.4 is 0 Å². The molecule has 0 aromatic heterocycles. The number of hydrogen-bond acceptors (Lipinski definition) is 1. The molecule has 0 saturated heterocycles. The van der Waals surface area contributed by atoms with E-state index < -0.39 is 0 Å². The fourth-order valence-electron chi connectivity index (χ4n) is 1.62. The molecule has 0 spiro atoms. The quantitative estimate of drug-likeness (QED) is 0.749. The third-order valence-electron chi connectivity index (χ3n) is 2.51. The van der Waals surface area contributed by atoms with Gasteiger partial charge in [0.25, 0.3) is 0 Å². The van der Waals surface area contributed by atoms with Gasteiger partial charge in [-0.25, -0.2) is 4.39 Å². The summed E-state index contributed by atoms with van der Waals surface area (Å²) in [6.07, 6.45) is 0.138. The Hall–Kier alpha value is -1.19. The Morgan fingerprint density at radius 3 is 2.72 bits per heavy atom. The molecule has 18 heavy (non-hydrogen) atoms. The van der Waals surface area contributed by atoms with E-state index in [4.69, 9.17) is 11.6 Å². The average molecular weight is 328 g/mol. The summed E-state index contributed by atoms with van der Waals surface area (Å²) < 4.78 is 13.8. The van der Waals surface area contributed by atoms with E-state index in [0.29, 0.717) is 16.1 Å². The highest BCUT2D eigenvalue weighted by Crippen LogP contribution is 2.20. The Balaban J connectivity index is 2.24. The molecule has 0 aliphatic carbocycles. The molecule has 0 radical (unpaired) electrons. The number of hydrogen-bond donors (Lipinski definition) is 0. The molecule has 4 heteroatoms. The lowest BCUT2D eigenvalue weighted by Crippen LogP contribution is -2.04. The van der Waals surface area contributed by atoms with Gasteiger partial charge in [0.1, 0.15) is 5.82 Å².